The molecule has 0 bridgehead atoms. The highest BCUT2D eigenvalue weighted by Gasteiger charge is 2.42. The molecule has 1 aromatic heterocycles. The van der Waals surface area contributed by atoms with Gasteiger partial charge in [0.25, 0.3) is 0 Å². The molecule has 18 heavy (non-hydrogen) atoms. The van der Waals surface area contributed by atoms with E-state index in [4.69, 9.17) is 4.74 Å². The van der Waals surface area contributed by atoms with E-state index in [1.165, 1.54) is 25.8 Å². The van der Waals surface area contributed by atoms with Gasteiger partial charge in [-0.15, -0.1) is 11.8 Å². The van der Waals surface area contributed by atoms with Gasteiger partial charge in [-0.3, -0.25) is 9.78 Å². The first-order valence-corrected chi connectivity index (χ1v) is 6.59. The number of aromatic nitrogens is 1. The van der Waals surface area contributed by atoms with Crippen LogP contribution in [-0.2, 0) is 14.3 Å². The summed E-state index contributed by atoms with van der Waals surface area (Å²) in [6, 6.07) is 5.02. The minimum Gasteiger partial charge on any atom is -0.467 e. The van der Waals surface area contributed by atoms with Crippen LogP contribution in [0.1, 0.15) is 18.0 Å². The second kappa shape index (κ2) is 5.39. The summed E-state index contributed by atoms with van der Waals surface area (Å²) in [4.78, 5) is 29.2. The average molecular weight is 266 g/mol. The molecule has 1 saturated heterocycles. The fourth-order valence-corrected chi connectivity index (χ4v) is 3.39. The van der Waals surface area contributed by atoms with Crippen LogP contribution in [0.2, 0.25) is 0 Å². The van der Waals surface area contributed by atoms with Crippen molar-refractivity contribution in [1.29, 1.82) is 0 Å². The third kappa shape index (κ3) is 2.33. The molecule has 0 aliphatic carbocycles. The number of methoxy groups -OCH3 is 1. The molecule has 1 unspecified atom stereocenters. The largest absolute Gasteiger partial charge is 0.467 e. The van der Waals surface area contributed by atoms with Crippen molar-refractivity contribution in [2.45, 2.75) is 18.3 Å². The predicted molar refractivity (Wildman–Crippen MR) is 67.8 cm³/mol. The fraction of sp³-hybridized carbons (Fsp3) is 0.417. The molecule has 2 heterocycles. The maximum absolute atomic E-state index is 11.7. The summed E-state index contributed by atoms with van der Waals surface area (Å²) in [5.74, 6) is 0.00946. The predicted octanol–water partition coefficient (Wildman–Crippen LogP) is 1.22. The summed E-state index contributed by atoms with van der Waals surface area (Å²) in [6.07, 6.45) is 1.68. The maximum Gasteiger partial charge on any atom is 0.329 e. The molecule has 1 aliphatic heterocycles. The van der Waals surface area contributed by atoms with Crippen molar-refractivity contribution in [3.63, 3.8) is 0 Å². The summed E-state index contributed by atoms with van der Waals surface area (Å²) in [5.41, 5.74) is 0.782. The summed E-state index contributed by atoms with van der Waals surface area (Å²) in [5, 5.41) is -0.215. The van der Waals surface area contributed by atoms with Gasteiger partial charge >= 0.3 is 5.97 Å². The zero-order valence-electron chi connectivity index (χ0n) is 10.2. The standard InChI is InChI=1S/C12H14N2O3S/c1-8(15)14-10(12(16)17-2)7-18-11(14)9-5-3-4-6-13-9/h3-6,10-11H,7H2,1-2H3/t10-,11?/m0/s1. The Morgan fingerprint density at radius 1 is 1.50 bits per heavy atom. The molecule has 0 saturated carbocycles. The lowest BCUT2D eigenvalue weighted by Gasteiger charge is -2.26. The van der Waals surface area contributed by atoms with Gasteiger partial charge in [0.1, 0.15) is 11.4 Å². The van der Waals surface area contributed by atoms with Crippen LogP contribution in [0.4, 0.5) is 0 Å². The van der Waals surface area contributed by atoms with Gasteiger partial charge in [0.2, 0.25) is 5.91 Å². The molecule has 0 spiro atoms. The molecular weight excluding hydrogens is 252 g/mol. The van der Waals surface area contributed by atoms with Crippen LogP contribution in [0.15, 0.2) is 24.4 Å². The Hall–Kier alpha value is -1.56. The number of ether oxygens (including phenoxy) is 1. The lowest BCUT2D eigenvalue weighted by molar-refractivity contribution is -0.151. The first-order chi connectivity index (χ1) is 8.65. The Morgan fingerprint density at radius 2 is 2.28 bits per heavy atom. The molecule has 0 aromatic carbocycles. The van der Waals surface area contributed by atoms with Crippen LogP contribution in [0.3, 0.4) is 0 Å². The average Bonchev–Trinajstić information content (AvgIpc) is 2.83. The third-order valence-corrected chi connectivity index (χ3v) is 4.07. The van der Waals surface area contributed by atoms with Gasteiger partial charge in [-0.2, -0.15) is 0 Å². The molecule has 0 radical (unpaired) electrons. The highest BCUT2D eigenvalue weighted by molar-refractivity contribution is 7.99. The second-order valence-electron chi connectivity index (χ2n) is 3.91. The zero-order valence-corrected chi connectivity index (χ0v) is 11.0. The van der Waals surface area contributed by atoms with Crippen molar-refractivity contribution in [3.8, 4) is 0 Å². The monoisotopic (exact) mass is 266 g/mol. The molecule has 2 rings (SSSR count). The number of nitrogens with zero attached hydrogens (tertiary/aromatic N) is 2. The topological polar surface area (TPSA) is 59.5 Å². The highest BCUT2D eigenvalue weighted by atomic mass is 32.2. The molecule has 1 aliphatic rings. The number of esters is 1. The smallest absolute Gasteiger partial charge is 0.329 e. The third-order valence-electron chi connectivity index (χ3n) is 2.78. The lowest BCUT2D eigenvalue weighted by atomic mass is 10.2. The van der Waals surface area contributed by atoms with Crippen LogP contribution in [0.25, 0.3) is 0 Å². The van der Waals surface area contributed by atoms with Crippen molar-refractivity contribution in [2.75, 3.05) is 12.9 Å². The van der Waals surface area contributed by atoms with Gasteiger partial charge in [0.05, 0.1) is 12.8 Å². The van der Waals surface area contributed by atoms with Crippen LogP contribution in [0, 0.1) is 0 Å². The number of carbonyl (C=O) groups is 2. The highest BCUT2D eigenvalue weighted by Crippen LogP contribution is 2.40. The van der Waals surface area contributed by atoms with E-state index in [1.807, 2.05) is 18.2 Å². The minimum atomic E-state index is -0.524. The van der Waals surface area contributed by atoms with E-state index in [0.29, 0.717) is 5.75 Å². The Balaban J connectivity index is 2.28. The molecular formula is C12H14N2O3S. The summed E-state index contributed by atoms with van der Waals surface area (Å²) in [6.45, 7) is 1.46. The van der Waals surface area contributed by atoms with E-state index in [9.17, 15) is 9.59 Å². The number of hydrogen-bond donors (Lipinski definition) is 0. The molecule has 6 heteroatoms. The van der Waals surface area contributed by atoms with Crippen molar-refractivity contribution in [1.82, 2.24) is 9.88 Å². The molecule has 0 N–H and O–H groups in total. The first kappa shape index (κ1) is 12.9. The fourth-order valence-electron chi connectivity index (χ4n) is 1.96. The van der Waals surface area contributed by atoms with Crippen molar-refractivity contribution in [3.05, 3.63) is 30.1 Å². The normalized spacial score (nSPS) is 22.9. The Kier molecular flexibility index (Phi) is 3.86. The summed E-state index contributed by atoms with van der Waals surface area (Å²) in [7, 11) is 1.33. The van der Waals surface area contributed by atoms with Gasteiger partial charge in [-0.25, -0.2) is 4.79 Å². The van der Waals surface area contributed by atoms with Crippen LogP contribution >= 0.6 is 11.8 Å². The SMILES string of the molecule is COC(=O)[C@@H]1CSC(c2ccccn2)N1C(C)=O. The zero-order chi connectivity index (χ0) is 13.1. The van der Waals surface area contributed by atoms with Crippen LogP contribution in [-0.4, -0.2) is 40.7 Å². The second-order valence-corrected chi connectivity index (χ2v) is 5.02. The van der Waals surface area contributed by atoms with Gasteiger partial charge in [0.15, 0.2) is 0 Å². The van der Waals surface area contributed by atoms with Crippen LogP contribution in [0.5, 0.6) is 0 Å². The number of amides is 1. The van der Waals surface area contributed by atoms with E-state index >= 15 is 0 Å². The van der Waals surface area contributed by atoms with E-state index in [2.05, 4.69) is 4.98 Å². The van der Waals surface area contributed by atoms with E-state index in [1.54, 1.807) is 11.1 Å². The van der Waals surface area contributed by atoms with E-state index < -0.39 is 6.04 Å². The van der Waals surface area contributed by atoms with Crippen molar-refractivity contribution in [2.24, 2.45) is 0 Å². The van der Waals surface area contributed by atoms with E-state index in [-0.39, 0.29) is 17.3 Å². The van der Waals surface area contributed by atoms with Gasteiger partial charge in [-0.05, 0) is 12.1 Å². The molecule has 2 atom stereocenters. The minimum absolute atomic E-state index is 0.147. The van der Waals surface area contributed by atoms with Crippen LogP contribution < -0.4 is 0 Å². The maximum atomic E-state index is 11.7. The molecule has 1 aromatic rings. The number of rotatable bonds is 2. The van der Waals surface area contributed by atoms with Gasteiger partial charge in [0, 0.05) is 18.9 Å². The number of thioether (sulfide) groups is 1. The number of hydrogen-bond acceptors (Lipinski definition) is 5. The Bertz CT molecular complexity index is 452. The van der Waals surface area contributed by atoms with E-state index in [0.717, 1.165) is 5.69 Å². The number of carbonyl (C=O) groups excluding carboxylic acids is 2. The summed E-state index contributed by atoms with van der Waals surface area (Å²) < 4.78 is 4.73. The Labute approximate surface area is 110 Å². The van der Waals surface area contributed by atoms with Gasteiger partial charge < -0.3 is 9.64 Å². The molecule has 1 amide bonds. The lowest BCUT2D eigenvalue weighted by Crippen LogP contribution is -2.42. The summed E-state index contributed by atoms with van der Waals surface area (Å²) >= 11 is 1.53. The van der Waals surface area contributed by atoms with Crippen molar-refractivity contribution < 1.29 is 14.3 Å². The first-order valence-electron chi connectivity index (χ1n) is 5.54. The molecule has 1 fully saturated rings. The molecule has 5 nitrogen and oxygen atoms in total. The quantitative estimate of drug-likeness (QED) is 0.753. The Morgan fingerprint density at radius 3 is 2.83 bits per heavy atom. The van der Waals surface area contributed by atoms with Crippen molar-refractivity contribution >= 4 is 23.6 Å². The van der Waals surface area contributed by atoms with Gasteiger partial charge in [-0.1, -0.05) is 6.07 Å². The number of pyridine rings is 1. The molecule has 96 valence electrons.